The second-order valence-corrected chi connectivity index (χ2v) is 8.91. The zero-order valence-electron chi connectivity index (χ0n) is 20.9. The number of methoxy groups -OCH3 is 1. The molecule has 0 aromatic heterocycles. The summed E-state index contributed by atoms with van der Waals surface area (Å²) >= 11 is 0. The molecule has 0 saturated carbocycles. The quantitative estimate of drug-likeness (QED) is 0.534. The number of nitrogens with zero attached hydrogens (tertiary/aromatic N) is 4. The summed E-state index contributed by atoms with van der Waals surface area (Å²) in [6.45, 7) is 5.90. The van der Waals surface area contributed by atoms with E-state index in [4.69, 9.17) is 9.47 Å². The van der Waals surface area contributed by atoms with E-state index in [1.165, 1.54) is 17.1 Å². The van der Waals surface area contributed by atoms with Crippen LogP contribution in [0.4, 0.5) is 4.39 Å². The molecule has 2 amide bonds. The fraction of sp³-hybridized carbons (Fsp3) is 0.444. The van der Waals surface area contributed by atoms with Gasteiger partial charge in [0.25, 0.3) is 5.91 Å². The molecule has 1 unspecified atom stereocenters. The summed E-state index contributed by atoms with van der Waals surface area (Å²) < 4.78 is 24.2. The van der Waals surface area contributed by atoms with Gasteiger partial charge in [-0.1, -0.05) is 31.2 Å². The Balaban J connectivity index is 1.54. The van der Waals surface area contributed by atoms with E-state index in [1.54, 1.807) is 31.1 Å². The van der Waals surface area contributed by atoms with Crippen molar-refractivity contribution in [2.75, 3.05) is 53.0 Å². The van der Waals surface area contributed by atoms with Gasteiger partial charge >= 0.3 is 0 Å². The van der Waals surface area contributed by atoms with Crippen LogP contribution in [-0.2, 0) is 14.3 Å². The molecule has 1 atom stereocenters. The van der Waals surface area contributed by atoms with E-state index < -0.39 is 0 Å². The van der Waals surface area contributed by atoms with Crippen molar-refractivity contribution in [1.82, 2.24) is 14.8 Å². The van der Waals surface area contributed by atoms with E-state index in [0.717, 1.165) is 30.0 Å². The maximum absolute atomic E-state index is 13.6. The first-order chi connectivity index (χ1) is 17.5. The van der Waals surface area contributed by atoms with Crippen molar-refractivity contribution in [1.29, 1.82) is 0 Å². The number of rotatable bonds is 9. The van der Waals surface area contributed by atoms with Gasteiger partial charge < -0.3 is 14.4 Å². The molecule has 0 N–H and O–H groups in total. The third-order valence-electron chi connectivity index (χ3n) is 6.62. The third-order valence-corrected chi connectivity index (χ3v) is 6.62. The standard InChI is InChI=1S/C27H33FN4O4/c1-3-26(33)31(13-12-30-14-16-36-17-15-30)19-27(34)32-25(21-6-10-23(35-2)11-7-21)18-24(29-32)20-4-8-22(28)9-5-20/h4-11,25H,3,12-19H2,1-2H3. The Labute approximate surface area is 211 Å². The van der Waals surface area contributed by atoms with Crippen LogP contribution in [-0.4, -0.2) is 85.4 Å². The Bertz CT molecular complexity index is 1070. The van der Waals surface area contributed by atoms with Gasteiger partial charge in [0.05, 0.1) is 32.1 Å². The lowest BCUT2D eigenvalue weighted by atomic mass is 9.98. The Kier molecular flexibility index (Phi) is 8.66. The molecule has 0 aliphatic carbocycles. The highest BCUT2D eigenvalue weighted by molar-refractivity contribution is 6.03. The molecule has 0 spiro atoms. The Morgan fingerprint density at radius 2 is 1.81 bits per heavy atom. The topological polar surface area (TPSA) is 74.7 Å². The van der Waals surface area contributed by atoms with E-state index in [2.05, 4.69) is 10.0 Å². The molecule has 0 radical (unpaired) electrons. The average molecular weight is 497 g/mol. The first-order valence-corrected chi connectivity index (χ1v) is 12.4. The number of halogens is 1. The van der Waals surface area contributed by atoms with Gasteiger partial charge in [-0.2, -0.15) is 5.10 Å². The normalized spacial score (nSPS) is 18.1. The minimum Gasteiger partial charge on any atom is -0.497 e. The number of carbonyl (C=O) groups excluding carboxylic acids is 2. The maximum Gasteiger partial charge on any atom is 0.262 e. The SMILES string of the molecule is CCC(=O)N(CCN1CCOCC1)CC(=O)N1N=C(c2ccc(F)cc2)CC1c1ccc(OC)cc1. The third kappa shape index (κ3) is 6.27. The summed E-state index contributed by atoms with van der Waals surface area (Å²) in [4.78, 5) is 30.1. The van der Waals surface area contributed by atoms with Crippen molar-refractivity contribution in [2.45, 2.75) is 25.8 Å². The van der Waals surface area contributed by atoms with E-state index in [-0.39, 0.29) is 30.2 Å². The van der Waals surface area contributed by atoms with E-state index >= 15 is 0 Å². The minimum atomic E-state index is -0.332. The molecule has 2 heterocycles. The summed E-state index contributed by atoms with van der Waals surface area (Å²) in [5.41, 5.74) is 2.37. The Hall–Kier alpha value is -3.30. The van der Waals surface area contributed by atoms with Crippen LogP contribution >= 0.6 is 0 Å². The summed E-state index contributed by atoms with van der Waals surface area (Å²) in [6.07, 6.45) is 0.807. The van der Waals surface area contributed by atoms with Crippen molar-refractivity contribution in [3.05, 3.63) is 65.5 Å². The van der Waals surface area contributed by atoms with Crippen LogP contribution in [0.25, 0.3) is 0 Å². The molecular formula is C27H33FN4O4. The molecule has 8 nitrogen and oxygen atoms in total. The van der Waals surface area contributed by atoms with Crippen LogP contribution in [0.15, 0.2) is 53.6 Å². The number of amides is 2. The molecular weight excluding hydrogens is 463 g/mol. The molecule has 1 saturated heterocycles. The lowest BCUT2D eigenvalue weighted by Gasteiger charge is -2.31. The lowest BCUT2D eigenvalue weighted by Crippen LogP contribution is -2.46. The largest absolute Gasteiger partial charge is 0.497 e. The van der Waals surface area contributed by atoms with E-state index in [9.17, 15) is 14.0 Å². The molecule has 2 aromatic rings. The van der Waals surface area contributed by atoms with Crippen molar-refractivity contribution in [3.8, 4) is 5.75 Å². The smallest absolute Gasteiger partial charge is 0.262 e. The maximum atomic E-state index is 13.6. The second kappa shape index (κ2) is 12.1. The first-order valence-electron chi connectivity index (χ1n) is 12.4. The number of carbonyl (C=O) groups is 2. The number of benzene rings is 2. The van der Waals surface area contributed by atoms with Crippen molar-refractivity contribution in [2.24, 2.45) is 5.10 Å². The van der Waals surface area contributed by atoms with Crippen LogP contribution in [0.5, 0.6) is 5.75 Å². The molecule has 36 heavy (non-hydrogen) atoms. The Morgan fingerprint density at radius 3 is 2.44 bits per heavy atom. The van der Waals surface area contributed by atoms with Crippen LogP contribution in [0.1, 0.15) is 36.9 Å². The fourth-order valence-corrected chi connectivity index (χ4v) is 4.48. The van der Waals surface area contributed by atoms with Crippen LogP contribution in [0, 0.1) is 5.82 Å². The van der Waals surface area contributed by atoms with Crippen molar-refractivity contribution in [3.63, 3.8) is 0 Å². The van der Waals surface area contributed by atoms with Gasteiger partial charge in [0.15, 0.2) is 0 Å². The number of morpholine rings is 1. The van der Waals surface area contributed by atoms with Gasteiger partial charge in [-0.15, -0.1) is 0 Å². The molecule has 4 rings (SSSR count). The highest BCUT2D eigenvalue weighted by Crippen LogP contribution is 2.33. The summed E-state index contributed by atoms with van der Waals surface area (Å²) in [6, 6.07) is 13.3. The van der Waals surface area contributed by atoms with Crippen LogP contribution in [0.3, 0.4) is 0 Å². The van der Waals surface area contributed by atoms with Crippen molar-refractivity contribution < 1.29 is 23.5 Å². The minimum absolute atomic E-state index is 0.0517. The second-order valence-electron chi connectivity index (χ2n) is 8.91. The summed E-state index contributed by atoms with van der Waals surface area (Å²) in [7, 11) is 1.60. The molecule has 9 heteroatoms. The average Bonchev–Trinajstić information content (AvgIpc) is 3.37. The number of hydrogen-bond donors (Lipinski definition) is 0. The number of hydrazone groups is 1. The van der Waals surface area contributed by atoms with Gasteiger partial charge in [0.2, 0.25) is 5.91 Å². The molecule has 192 valence electrons. The van der Waals surface area contributed by atoms with Crippen LogP contribution in [0.2, 0.25) is 0 Å². The first kappa shape index (κ1) is 25.8. The highest BCUT2D eigenvalue weighted by atomic mass is 19.1. The van der Waals surface area contributed by atoms with Crippen molar-refractivity contribution >= 4 is 17.5 Å². The predicted octanol–water partition coefficient (Wildman–Crippen LogP) is 3.08. The van der Waals surface area contributed by atoms with Gasteiger partial charge in [-0.05, 0) is 35.4 Å². The van der Waals surface area contributed by atoms with Gasteiger partial charge in [0, 0.05) is 39.0 Å². The van der Waals surface area contributed by atoms with E-state index in [1.807, 2.05) is 24.3 Å². The summed E-state index contributed by atoms with van der Waals surface area (Å²) in [5, 5.41) is 6.14. The zero-order chi connectivity index (χ0) is 25.5. The molecule has 2 aliphatic heterocycles. The lowest BCUT2D eigenvalue weighted by molar-refractivity contribution is -0.141. The Morgan fingerprint density at radius 1 is 1.11 bits per heavy atom. The number of hydrogen-bond acceptors (Lipinski definition) is 6. The van der Waals surface area contributed by atoms with Gasteiger partial charge in [-0.3, -0.25) is 14.5 Å². The molecule has 1 fully saturated rings. The molecule has 2 aromatic carbocycles. The van der Waals surface area contributed by atoms with Crippen LogP contribution < -0.4 is 4.74 Å². The molecule has 2 aliphatic rings. The summed E-state index contributed by atoms with van der Waals surface area (Å²) in [5.74, 6) is 0.0688. The van der Waals surface area contributed by atoms with Gasteiger partial charge in [0.1, 0.15) is 18.1 Å². The molecule has 0 bridgehead atoms. The fourth-order valence-electron chi connectivity index (χ4n) is 4.48. The monoisotopic (exact) mass is 496 g/mol. The van der Waals surface area contributed by atoms with Gasteiger partial charge in [-0.25, -0.2) is 9.40 Å². The predicted molar refractivity (Wildman–Crippen MR) is 134 cm³/mol. The highest BCUT2D eigenvalue weighted by Gasteiger charge is 2.34. The number of ether oxygens (including phenoxy) is 2. The van der Waals surface area contributed by atoms with E-state index in [0.29, 0.717) is 44.9 Å². The zero-order valence-corrected chi connectivity index (χ0v) is 20.9.